The molecule has 0 atom stereocenters. The molecule has 2 heterocycles. The van der Waals surface area contributed by atoms with Crippen LogP contribution in [0.2, 0.25) is 0 Å². The predicted molar refractivity (Wildman–Crippen MR) is 114 cm³/mol. The number of hydrogen-bond donors (Lipinski definition) is 2. The summed E-state index contributed by atoms with van der Waals surface area (Å²) in [5.74, 6) is 0.741. The number of benzene rings is 2. The Morgan fingerprint density at radius 3 is 2.58 bits per heavy atom. The van der Waals surface area contributed by atoms with Crippen LogP contribution in [0, 0.1) is 0 Å². The van der Waals surface area contributed by atoms with Crippen molar-refractivity contribution >= 4 is 17.7 Å². The van der Waals surface area contributed by atoms with Gasteiger partial charge in [0.1, 0.15) is 18.1 Å². The fraction of sp³-hybridized carbons (Fsp3) is 0.136. The summed E-state index contributed by atoms with van der Waals surface area (Å²) >= 11 is 0.988. The number of aromatic nitrogens is 3. The first kappa shape index (κ1) is 22.5. The van der Waals surface area contributed by atoms with Gasteiger partial charge in [-0.25, -0.2) is 0 Å². The average Bonchev–Trinajstić information content (AvgIpc) is 3.46. The molecule has 2 aromatic heterocycles. The van der Waals surface area contributed by atoms with E-state index in [-0.39, 0.29) is 12.4 Å². The molecule has 2 aromatic carbocycles. The van der Waals surface area contributed by atoms with E-state index >= 15 is 0 Å². The van der Waals surface area contributed by atoms with Crippen LogP contribution < -0.4 is 4.74 Å². The summed E-state index contributed by atoms with van der Waals surface area (Å²) in [6, 6.07) is 15.3. The third-order valence-electron chi connectivity index (χ3n) is 4.43. The van der Waals surface area contributed by atoms with Gasteiger partial charge in [-0.2, -0.15) is 18.2 Å². The third-order valence-corrected chi connectivity index (χ3v) is 5.27. The van der Waals surface area contributed by atoms with Crippen molar-refractivity contribution in [3.05, 3.63) is 71.8 Å². The van der Waals surface area contributed by atoms with Gasteiger partial charge in [-0.1, -0.05) is 36.0 Å². The highest BCUT2D eigenvalue weighted by Gasteiger charge is 2.29. The summed E-state index contributed by atoms with van der Waals surface area (Å²) in [5, 5.41) is 15.7. The number of alkyl halides is 3. The lowest BCUT2D eigenvalue weighted by molar-refractivity contribution is -0.137. The summed E-state index contributed by atoms with van der Waals surface area (Å²) in [6.45, 7) is 0.111. The molecule has 170 valence electrons. The number of aliphatic carboxylic acids is 1. The van der Waals surface area contributed by atoms with E-state index in [0.717, 1.165) is 29.5 Å². The maximum Gasteiger partial charge on any atom is 0.416 e. The number of carboxylic acid groups (broad SMARTS) is 1. The van der Waals surface area contributed by atoms with Gasteiger partial charge in [0, 0.05) is 5.56 Å². The minimum atomic E-state index is -4.37. The molecule has 0 saturated heterocycles. The second kappa shape index (κ2) is 9.41. The van der Waals surface area contributed by atoms with Crippen LogP contribution >= 0.6 is 11.8 Å². The SMILES string of the molecule is O=C(O)CSc1n[nH]c(-c2ccc(-c3cccc(OCc4ccc(C(F)(F)F)cc4)c3)o2)n1. The number of halogens is 3. The number of aromatic amines is 1. The summed E-state index contributed by atoms with van der Waals surface area (Å²) < 4.78 is 49.6. The van der Waals surface area contributed by atoms with E-state index in [4.69, 9.17) is 14.3 Å². The first-order valence-electron chi connectivity index (χ1n) is 9.54. The minimum absolute atomic E-state index is 0.111. The third kappa shape index (κ3) is 5.75. The number of nitrogens with zero attached hydrogens (tertiary/aromatic N) is 2. The largest absolute Gasteiger partial charge is 0.489 e. The lowest BCUT2D eigenvalue weighted by Gasteiger charge is -2.09. The maximum absolute atomic E-state index is 12.7. The van der Waals surface area contributed by atoms with Crippen LogP contribution in [0.3, 0.4) is 0 Å². The monoisotopic (exact) mass is 475 g/mol. The first-order valence-corrected chi connectivity index (χ1v) is 10.5. The molecule has 0 amide bonds. The Kier molecular flexibility index (Phi) is 6.40. The fourth-order valence-electron chi connectivity index (χ4n) is 2.86. The Morgan fingerprint density at radius 2 is 1.85 bits per heavy atom. The molecule has 0 bridgehead atoms. The molecule has 0 unspecified atom stereocenters. The normalized spacial score (nSPS) is 11.5. The zero-order chi connectivity index (χ0) is 23.4. The highest BCUT2D eigenvalue weighted by atomic mass is 32.2. The standard InChI is InChI=1S/C22H16F3N3O4S/c23-22(24,25)15-6-4-13(5-7-15)11-31-16-3-1-2-14(10-16)17-8-9-18(32-17)20-26-21(28-27-20)33-12-19(29)30/h1-10H,11-12H2,(H,29,30)(H,26,27,28). The molecule has 0 radical (unpaired) electrons. The van der Waals surface area contributed by atoms with E-state index in [9.17, 15) is 18.0 Å². The van der Waals surface area contributed by atoms with Gasteiger partial charge in [0.05, 0.1) is 11.3 Å². The Balaban J connectivity index is 1.42. The number of thioether (sulfide) groups is 1. The topological polar surface area (TPSA) is 101 Å². The van der Waals surface area contributed by atoms with Crippen molar-refractivity contribution in [3.63, 3.8) is 0 Å². The van der Waals surface area contributed by atoms with Crippen molar-refractivity contribution < 1.29 is 32.2 Å². The zero-order valence-corrected chi connectivity index (χ0v) is 17.6. The van der Waals surface area contributed by atoms with Crippen molar-refractivity contribution in [3.8, 4) is 28.7 Å². The molecule has 33 heavy (non-hydrogen) atoms. The van der Waals surface area contributed by atoms with Crippen molar-refractivity contribution in [1.82, 2.24) is 15.2 Å². The number of nitrogens with one attached hydrogen (secondary N) is 1. The number of H-pyrrole nitrogens is 1. The molecular formula is C22H16F3N3O4S. The van der Waals surface area contributed by atoms with Crippen molar-refractivity contribution in [2.45, 2.75) is 17.9 Å². The molecule has 0 aliphatic carbocycles. The van der Waals surface area contributed by atoms with Crippen molar-refractivity contribution in [2.24, 2.45) is 0 Å². The average molecular weight is 475 g/mol. The number of carbonyl (C=O) groups is 1. The highest BCUT2D eigenvalue weighted by Crippen LogP contribution is 2.31. The Bertz CT molecular complexity index is 1250. The number of hydrogen-bond acceptors (Lipinski definition) is 6. The van der Waals surface area contributed by atoms with E-state index in [1.807, 2.05) is 6.07 Å². The van der Waals surface area contributed by atoms with Gasteiger partial charge in [0.2, 0.25) is 5.16 Å². The van der Waals surface area contributed by atoms with E-state index in [0.29, 0.717) is 33.8 Å². The van der Waals surface area contributed by atoms with Gasteiger partial charge in [-0.05, 0) is 42.0 Å². The Hall–Kier alpha value is -3.73. The molecule has 4 rings (SSSR count). The van der Waals surface area contributed by atoms with Crippen molar-refractivity contribution in [2.75, 3.05) is 5.75 Å². The molecule has 0 aliphatic rings. The second-order valence-electron chi connectivity index (χ2n) is 6.82. The first-order chi connectivity index (χ1) is 15.8. The molecule has 7 nitrogen and oxygen atoms in total. The lowest BCUT2D eigenvalue weighted by Crippen LogP contribution is -2.05. The van der Waals surface area contributed by atoms with Crippen molar-refractivity contribution in [1.29, 1.82) is 0 Å². The van der Waals surface area contributed by atoms with E-state index in [1.165, 1.54) is 12.1 Å². The van der Waals surface area contributed by atoms with E-state index in [2.05, 4.69) is 15.2 Å². The Labute approximate surface area is 189 Å². The van der Waals surface area contributed by atoms with Gasteiger partial charge in [-0.3, -0.25) is 9.89 Å². The Morgan fingerprint density at radius 1 is 1.09 bits per heavy atom. The maximum atomic E-state index is 12.7. The quantitative estimate of drug-likeness (QED) is 0.324. The summed E-state index contributed by atoms with van der Waals surface area (Å²) in [6.07, 6.45) is -4.37. The van der Waals surface area contributed by atoms with Crippen LogP contribution in [0.1, 0.15) is 11.1 Å². The number of ether oxygens (including phenoxy) is 1. The number of rotatable bonds is 8. The molecule has 2 N–H and O–H groups in total. The molecule has 0 fully saturated rings. The fourth-order valence-corrected chi connectivity index (χ4v) is 3.38. The molecule has 11 heteroatoms. The van der Waals surface area contributed by atoms with E-state index < -0.39 is 17.7 Å². The summed E-state index contributed by atoms with van der Waals surface area (Å²) in [7, 11) is 0. The molecule has 0 aliphatic heterocycles. The predicted octanol–water partition coefficient (Wildman–Crippen LogP) is 5.51. The number of furan rings is 1. The zero-order valence-electron chi connectivity index (χ0n) is 16.8. The smallest absolute Gasteiger partial charge is 0.416 e. The lowest BCUT2D eigenvalue weighted by atomic mass is 10.1. The number of carboxylic acids is 1. The summed E-state index contributed by atoms with van der Waals surface area (Å²) in [5.41, 5.74) is 0.628. The molecular weight excluding hydrogens is 459 g/mol. The van der Waals surface area contributed by atoms with Crippen LogP contribution in [0.15, 0.2) is 70.2 Å². The minimum Gasteiger partial charge on any atom is -0.489 e. The summed E-state index contributed by atoms with van der Waals surface area (Å²) in [4.78, 5) is 14.9. The van der Waals surface area contributed by atoms with Gasteiger partial charge in [0.15, 0.2) is 11.6 Å². The van der Waals surface area contributed by atoms with Crippen LogP contribution in [0.25, 0.3) is 22.9 Å². The second-order valence-corrected chi connectivity index (χ2v) is 7.77. The molecule has 0 spiro atoms. The van der Waals surface area contributed by atoms with Crippen LogP contribution in [-0.2, 0) is 17.6 Å². The molecule has 0 saturated carbocycles. The van der Waals surface area contributed by atoms with Crippen LogP contribution in [0.5, 0.6) is 5.75 Å². The van der Waals surface area contributed by atoms with Crippen LogP contribution in [-0.4, -0.2) is 32.0 Å². The van der Waals surface area contributed by atoms with Gasteiger partial charge < -0.3 is 14.3 Å². The van der Waals surface area contributed by atoms with Gasteiger partial charge in [0.25, 0.3) is 0 Å². The van der Waals surface area contributed by atoms with E-state index in [1.54, 1.807) is 30.3 Å². The molecule has 4 aromatic rings. The van der Waals surface area contributed by atoms with Crippen LogP contribution in [0.4, 0.5) is 13.2 Å². The van der Waals surface area contributed by atoms with Gasteiger partial charge in [-0.15, -0.1) is 5.10 Å². The van der Waals surface area contributed by atoms with Gasteiger partial charge >= 0.3 is 12.1 Å². The highest BCUT2D eigenvalue weighted by molar-refractivity contribution is 7.99.